The van der Waals surface area contributed by atoms with Gasteiger partial charge in [-0.1, -0.05) is 30.3 Å². The summed E-state index contributed by atoms with van der Waals surface area (Å²) >= 11 is 0. The number of rotatable bonds is 17. The number of nitrogens with two attached hydrogens (primary N) is 1. The Balaban J connectivity index is 0.833. The molecule has 2 aliphatic heterocycles. The van der Waals surface area contributed by atoms with E-state index in [4.69, 9.17) is 29.7 Å². The van der Waals surface area contributed by atoms with Crippen molar-refractivity contribution >= 4 is 58.7 Å². The third-order valence-electron chi connectivity index (χ3n) is 12.7. The van der Waals surface area contributed by atoms with Crippen LogP contribution in [-0.4, -0.2) is 128 Å². The number of hydrogen-bond donors (Lipinski definition) is 5. The normalized spacial score (nSPS) is 17.5. The van der Waals surface area contributed by atoms with Gasteiger partial charge in [-0.05, 0) is 73.7 Å². The Morgan fingerprint density at radius 2 is 1.65 bits per heavy atom. The van der Waals surface area contributed by atoms with Gasteiger partial charge >= 0.3 is 6.03 Å². The van der Waals surface area contributed by atoms with Gasteiger partial charge in [-0.25, -0.2) is 19.2 Å². The summed E-state index contributed by atoms with van der Waals surface area (Å²) in [4.78, 5) is 89.4. The minimum atomic E-state index is -0.592. The van der Waals surface area contributed by atoms with Crippen molar-refractivity contribution in [3.05, 3.63) is 107 Å². The standard InChI is InChI=1S/C51H57FN10O10/c1-69-40-15-12-35(52)27-38(40)50(67)56-28-31-6-8-32(9-7-31)45-46-47(53)55-29-37-5-3-4-19-60(30-43(64)57-36-13-10-33(25-36)48(59-45)62(37)46)44(65)17-21-71-23-24-72-22-18-54-49(66)34-11-14-41(70-2)39(26-34)61-20-16-42(63)58-51(61)68/h3,5-9,11-12,14-15,26-27,29,33,36H,4,10,13,16-25,28,30H2,1-2H3,(H2,53,55)(H,54,66)(H,56,67)(H,57,64)(H,58,63,68)/b5-3+/t33-,36-/m1/s1. The summed E-state index contributed by atoms with van der Waals surface area (Å²) in [6, 6.07) is 15.3. The van der Waals surface area contributed by atoms with Crippen LogP contribution >= 0.6 is 0 Å². The third kappa shape index (κ3) is 12.0. The average Bonchev–Trinajstić information content (AvgIpc) is 4.02. The highest BCUT2D eigenvalue weighted by molar-refractivity contribution is 6.07. The van der Waals surface area contributed by atoms with Crippen molar-refractivity contribution in [3.63, 3.8) is 0 Å². The van der Waals surface area contributed by atoms with Gasteiger partial charge in [-0.3, -0.25) is 38.6 Å². The first-order chi connectivity index (χ1) is 34.9. The van der Waals surface area contributed by atoms with E-state index in [1.165, 1.54) is 37.3 Å². The van der Waals surface area contributed by atoms with Crippen LogP contribution < -0.4 is 41.4 Å². The van der Waals surface area contributed by atoms with Crippen molar-refractivity contribution in [2.45, 2.75) is 57.0 Å². The Labute approximate surface area is 414 Å². The van der Waals surface area contributed by atoms with Crippen molar-refractivity contribution in [1.82, 2.24) is 40.5 Å². The number of urea groups is 1. The van der Waals surface area contributed by atoms with Gasteiger partial charge in [0.1, 0.15) is 40.2 Å². The highest BCUT2D eigenvalue weighted by atomic mass is 19.1. The lowest BCUT2D eigenvalue weighted by molar-refractivity contribution is -0.137. The second-order valence-electron chi connectivity index (χ2n) is 17.4. The average molecular weight is 989 g/mol. The van der Waals surface area contributed by atoms with E-state index in [1.807, 2.05) is 40.8 Å². The molecule has 8 rings (SSSR count). The summed E-state index contributed by atoms with van der Waals surface area (Å²) in [6.45, 7) is 1.47. The first-order valence-corrected chi connectivity index (χ1v) is 23.7. The van der Waals surface area contributed by atoms with Crippen LogP contribution in [0.15, 0.2) is 72.9 Å². The number of aromatic nitrogens is 3. The smallest absolute Gasteiger partial charge is 0.328 e. The van der Waals surface area contributed by atoms with Crippen molar-refractivity contribution in [2.75, 3.05) is 77.5 Å². The number of amides is 7. The van der Waals surface area contributed by atoms with E-state index in [9.17, 15) is 33.2 Å². The Hall–Kier alpha value is -7.91. The zero-order valence-electron chi connectivity index (χ0n) is 40.0. The fraction of sp³-hybridized carbons (Fsp3) is 0.373. The molecule has 1 saturated heterocycles. The lowest BCUT2D eigenvalue weighted by Gasteiger charge is -2.28. The van der Waals surface area contributed by atoms with E-state index in [1.54, 1.807) is 23.2 Å². The molecule has 7 amide bonds. The highest BCUT2D eigenvalue weighted by Gasteiger charge is 2.33. The number of imide groups is 1. The molecule has 5 aromatic rings. The molecule has 378 valence electrons. The van der Waals surface area contributed by atoms with Crippen molar-refractivity contribution < 1.29 is 52.1 Å². The molecule has 21 heteroatoms. The number of nitrogens with zero attached hydrogens (tertiary/aromatic N) is 5. The predicted molar refractivity (Wildman–Crippen MR) is 263 cm³/mol. The zero-order chi connectivity index (χ0) is 50.7. The van der Waals surface area contributed by atoms with Crippen LogP contribution in [0.2, 0.25) is 0 Å². The van der Waals surface area contributed by atoms with Gasteiger partial charge in [0.15, 0.2) is 0 Å². The molecule has 0 radical (unpaired) electrons. The number of carbonyl (C=O) groups is 6. The summed E-state index contributed by atoms with van der Waals surface area (Å²) in [6.07, 6.45) is 8.31. The van der Waals surface area contributed by atoms with Crippen LogP contribution in [0.1, 0.15) is 82.2 Å². The Kier molecular flexibility index (Phi) is 16.4. The zero-order valence-corrected chi connectivity index (χ0v) is 40.0. The quantitative estimate of drug-likeness (QED) is 0.0814. The van der Waals surface area contributed by atoms with Crippen LogP contribution in [0.3, 0.4) is 0 Å². The number of methoxy groups -OCH3 is 2. The van der Waals surface area contributed by atoms with Crippen molar-refractivity contribution in [2.24, 2.45) is 0 Å². The Bertz CT molecular complexity index is 2870. The Morgan fingerprint density at radius 3 is 2.43 bits per heavy atom. The van der Waals surface area contributed by atoms with E-state index in [2.05, 4.69) is 26.3 Å². The summed E-state index contributed by atoms with van der Waals surface area (Å²) in [7, 11) is 2.87. The van der Waals surface area contributed by atoms with Gasteiger partial charge in [0.2, 0.25) is 17.7 Å². The Morgan fingerprint density at radius 1 is 0.875 bits per heavy atom. The molecule has 2 aromatic heterocycles. The molecule has 6 N–H and O–H groups in total. The largest absolute Gasteiger partial charge is 0.496 e. The van der Waals surface area contributed by atoms with Gasteiger partial charge in [-0.15, -0.1) is 0 Å². The number of benzene rings is 3. The fourth-order valence-corrected chi connectivity index (χ4v) is 9.03. The SMILES string of the molecule is COc1ccc(F)cc1C(=O)NCc1ccc(-c2nc3n4c(cnc(N)c24)/C=C/CCN(C(=O)CCOCCOCCNC(=O)c2ccc(OC)c(N4CCC(=O)NC4=O)c2)CC(=O)N[C@@H]2CC[C@@H]3C2)cc1. The molecule has 2 fully saturated rings. The number of hydrogen-bond acceptors (Lipinski definition) is 13. The minimum absolute atomic E-state index is 0.0136. The summed E-state index contributed by atoms with van der Waals surface area (Å²) in [5.74, 6) is -0.500. The van der Waals surface area contributed by atoms with Crippen LogP contribution in [0.25, 0.3) is 22.9 Å². The molecule has 3 aromatic carbocycles. The number of anilines is 2. The first kappa shape index (κ1) is 50.5. The van der Waals surface area contributed by atoms with Crippen molar-refractivity contribution in [1.29, 1.82) is 0 Å². The van der Waals surface area contributed by atoms with Gasteiger partial charge < -0.3 is 45.5 Å². The van der Waals surface area contributed by atoms with Gasteiger partial charge in [0.05, 0.1) is 76.8 Å². The second-order valence-corrected chi connectivity index (χ2v) is 17.4. The molecule has 2 atom stereocenters. The van der Waals surface area contributed by atoms with Gasteiger partial charge in [0, 0.05) is 55.7 Å². The molecule has 72 heavy (non-hydrogen) atoms. The van der Waals surface area contributed by atoms with Gasteiger partial charge in [0.25, 0.3) is 11.8 Å². The molecule has 4 heterocycles. The monoisotopic (exact) mass is 988 g/mol. The lowest BCUT2D eigenvalue weighted by Crippen LogP contribution is -2.49. The number of imidazole rings is 1. The molecule has 0 spiro atoms. The third-order valence-corrected chi connectivity index (χ3v) is 12.7. The van der Waals surface area contributed by atoms with Crippen LogP contribution in [0, 0.1) is 5.82 Å². The molecule has 2 bridgehead atoms. The molecule has 1 aliphatic carbocycles. The maximum absolute atomic E-state index is 13.9. The van der Waals surface area contributed by atoms with Crippen molar-refractivity contribution in [3.8, 4) is 22.8 Å². The summed E-state index contributed by atoms with van der Waals surface area (Å²) in [5, 5.41) is 11.0. The second kappa shape index (κ2) is 23.3. The predicted octanol–water partition coefficient (Wildman–Crippen LogP) is 4.36. The molecular weight excluding hydrogens is 932 g/mol. The molecule has 3 aliphatic rings. The van der Waals surface area contributed by atoms with E-state index < -0.39 is 17.8 Å². The number of halogens is 1. The summed E-state index contributed by atoms with van der Waals surface area (Å²) < 4.78 is 37.9. The molecular formula is C51H57FN10O10. The fourth-order valence-electron chi connectivity index (χ4n) is 9.03. The van der Waals surface area contributed by atoms with Crippen LogP contribution in [0.5, 0.6) is 11.5 Å². The van der Waals surface area contributed by atoms with E-state index in [0.717, 1.165) is 41.6 Å². The van der Waals surface area contributed by atoms with Crippen LogP contribution in [0.4, 0.5) is 20.7 Å². The first-order valence-electron chi connectivity index (χ1n) is 23.7. The maximum atomic E-state index is 13.9. The van der Waals surface area contributed by atoms with E-state index in [-0.39, 0.29) is 119 Å². The molecule has 0 unspecified atom stereocenters. The number of nitrogens with one attached hydrogen (secondary N) is 4. The highest BCUT2D eigenvalue weighted by Crippen LogP contribution is 2.39. The number of fused-ring (bicyclic) bond motifs is 3. The summed E-state index contributed by atoms with van der Waals surface area (Å²) in [5.41, 5.74) is 11.0. The van der Waals surface area contributed by atoms with E-state index in [0.29, 0.717) is 46.9 Å². The lowest BCUT2D eigenvalue weighted by atomic mass is 10.1. The minimum Gasteiger partial charge on any atom is -0.496 e. The molecule has 1 saturated carbocycles. The van der Waals surface area contributed by atoms with Gasteiger partial charge in [-0.2, -0.15) is 0 Å². The topological polar surface area (TPSA) is 250 Å². The number of nitrogen functional groups attached to an aromatic ring is 1. The molecule has 20 nitrogen and oxygen atoms in total. The number of carbonyl (C=O) groups excluding carboxylic acids is 6. The maximum Gasteiger partial charge on any atom is 0.328 e. The van der Waals surface area contributed by atoms with E-state index >= 15 is 0 Å². The van der Waals surface area contributed by atoms with Crippen LogP contribution in [-0.2, 0) is 30.4 Å². The number of ether oxygens (including phenoxy) is 4.